The van der Waals surface area contributed by atoms with Crippen molar-refractivity contribution in [1.29, 1.82) is 0 Å². The van der Waals surface area contributed by atoms with Crippen LogP contribution >= 0.6 is 8.25 Å². The van der Waals surface area contributed by atoms with Crippen molar-refractivity contribution in [2.45, 2.75) is 194 Å². The molecule has 0 rings (SSSR count). The minimum Gasteiger partial charge on any atom is -0.311 e. The van der Waals surface area contributed by atoms with Gasteiger partial charge < -0.3 is 9.05 Å². The molecule has 0 heterocycles. The minimum absolute atomic E-state index is 0.592. The second kappa shape index (κ2) is 33.2. The lowest BCUT2D eigenvalue weighted by Crippen LogP contribution is -1.92. The third-order valence-corrected chi connectivity index (χ3v) is 8.32. The molecule has 0 fully saturated rings. The van der Waals surface area contributed by atoms with Crippen molar-refractivity contribution in [2.75, 3.05) is 13.2 Å². The lowest BCUT2D eigenvalue weighted by Gasteiger charge is -2.06. The van der Waals surface area contributed by atoms with Gasteiger partial charge in [0.15, 0.2) is 0 Å². The van der Waals surface area contributed by atoms with E-state index in [9.17, 15) is 4.57 Å². The van der Waals surface area contributed by atoms with Crippen molar-refractivity contribution in [3.05, 3.63) is 0 Å². The van der Waals surface area contributed by atoms with Crippen molar-refractivity contribution < 1.29 is 13.6 Å². The normalized spacial score (nSPS) is 11.6. The van der Waals surface area contributed by atoms with Gasteiger partial charge in [-0.1, -0.05) is 181 Å². The fourth-order valence-electron chi connectivity index (χ4n) is 4.95. The highest BCUT2D eigenvalue weighted by Gasteiger charge is 2.01. The van der Waals surface area contributed by atoms with E-state index in [0.717, 1.165) is 12.8 Å². The third kappa shape index (κ3) is 32.2. The molecule has 0 radical (unpaired) electrons. The first kappa shape index (κ1) is 36.1. The first-order chi connectivity index (χ1) is 17.8. The molecule has 0 aliphatic rings. The zero-order chi connectivity index (χ0) is 26.2. The van der Waals surface area contributed by atoms with E-state index < -0.39 is 8.25 Å². The summed E-state index contributed by atoms with van der Waals surface area (Å²) in [7, 11) is -2.27. The molecule has 3 nitrogen and oxygen atoms in total. The van der Waals surface area contributed by atoms with Crippen LogP contribution in [0.25, 0.3) is 0 Å². The molecule has 0 N–H and O–H groups in total. The molecule has 0 bridgehead atoms. The van der Waals surface area contributed by atoms with Crippen LogP contribution in [-0.2, 0) is 13.6 Å². The van der Waals surface area contributed by atoms with E-state index >= 15 is 0 Å². The Balaban J connectivity index is 3.14. The molecular formula is C32H67O3P. The molecule has 36 heavy (non-hydrogen) atoms. The van der Waals surface area contributed by atoms with Gasteiger partial charge in [0.2, 0.25) is 0 Å². The fraction of sp³-hybridized carbons (Fsp3) is 1.00. The SMILES string of the molecule is CCCCCCCCCCCCCCCCO[PH](=O)OCCCCCCCCCCCCCCCC. The summed E-state index contributed by atoms with van der Waals surface area (Å²) in [5.74, 6) is 0. The highest BCUT2D eigenvalue weighted by molar-refractivity contribution is 7.33. The van der Waals surface area contributed by atoms with Crippen LogP contribution in [0.5, 0.6) is 0 Å². The van der Waals surface area contributed by atoms with Crippen LogP contribution < -0.4 is 0 Å². The van der Waals surface area contributed by atoms with Crippen molar-refractivity contribution >= 4 is 8.25 Å². The van der Waals surface area contributed by atoms with Crippen LogP contribution in [-0.4, -0.2) is 13.2 Å². The molecule has 0 spiro atoms. The smallest absolute Gasteiger partial charge is 0.311 e. The summed E-state index contributed by atoms with van der Waals surface area (Å²) in [4.78, 5) is 0. The molecule has 4 heteroatoms. The van der Waals surface area contributed by atoms with Crippen LogP contribution in [0, 0.1) is 0 Å². The van der Waals surface area contributed by atoms with E-state index in [1.165, 1.54) is 167 Å². The second-order valence-electron chi connectivity index (χ2n) is 11.1. The Bertz CT molecular complexity index is 380. The predicted octanol–water partition coefficient (Wildman–Crippen LogP) is 12.4. The highest BCUT2D eigenvalue weighted by Crippen LogP contribution is 2.25. The number of hydrogen-bond acceptors (Lipinski definition) is 3. The minimum atomic E-state index is -2.27. The van der Waals surface area contributed by atoms with Crippen LogP contribution in [0.2, 0.25) is 0 Å². The molecule has 0 aliphatic heterocycles. The fourth-order valence-corrected chi connectivity index (χ4v) is 5.65. The molecular weight excluding hydrogens is 463 g/mol. The van der Waals surface area contributed by atoms with Gasteiger partial charge >= 0.3 is 8.25 Å². The van der Waals surface area contributed by atoms with Gasteiger partial charge in [-0.3, -0.25) is 4.57 Å². The van der Waals surface area contributed by atoms with Crippen LogP contribution in [0.4, 0.5) is 0 Å². The van der Waals surface area contributed by atoms with E-state index in [1.807, 2.05) is 0 Å². The molecule has 0 aromatic rings. The lowest BCUT2D eigenvalue weighted by atomic mass is 10.0. The van der Waals surface area contributed by atoms with Gasteiger partial charge in [0.05, 0.1) is 13.2 Å². The van der Waals surface area contributed by atoms with E-state index in [4.69, 9.17) is 9.05 Å². The Kier molecular flexibility index (Phi) is 33.3. The second-order valence-corrected chi connectivity index (χ2v) is 12.2. The molecule has 0 unspecified atom stereocenters. The Labute approximate surface area is 228 Å². The molecule has 0 atom stereocenters. The first-order valence-electron chi connectivity index (χ1n) is 16.6. The maximum Gasteiger partial charge on any atom is 0.319 e. The summed E-state index contributed by atoms with van der Waals surface area (Å²) in [5, 5.41) is 0. The van der Waals surface area contributed by atoms with E-state index in [0.29, 0.717) is 13.2 Å². The Hall–Kier alpha value is 0.150. The van der Waals surface area contributed by atoms with Gasteiger partial charge in [-0.05, 0) is 12.8 Å². The van der Waals surface area contributed by atoms with Crippen LogP contribution in [0.1, 0.15) is 194 Å². The summed E-state index contributed by atoms with van der Waals surface area (Å²) in [6.07, 6.45) is 37.8. The van der Waals surface area contributed by atoms with Crippen molar-refractivity contribution in [3.63, 3.8) is 0 Å². The molecule has 218 valence electrons. The molecule has 0 aromatic carbocycles. The third-order valence-electron chi connectivity index (χ3n) is 7.44. The van der Waals surface area contributed by atoms with Gasteiger partial charge in [-0.2, -0.15) is 0 Å². The number of rotatable bonds is 32. The van der Waals surface area contributed by atoms with Crippen molar-refractivity contribution in [1.82, 2.24) is 0 Å². The Morgan fingerprint density at radius 3 is 0.750 bits per heavy atom. The van der Waals surface area contributed by atoms with Crippen molar-refractivity contribution in [3.8, 4) is 0 Å². The summed E-state index contributed by atoms with van der Waals surface area (Å²) < 4.78 is 22.6. The zero-order valence-corrected chi connectivity index (χ0v) is 25.9. The molecule has 0 aliphatic carbocycles. The van der Waals surface area contributed by atoms with Gasteiger partial charge in [-0.15, -0.1) is 0 Å². The predicted molar refractivity (Wildman–Crippen MR) is 162 cm³/mol. The highest BCUT2D eigenvalue weighted by atomic mass is 31.1. The summed E-state index contributed by atoms with van der Waals surface area (Å²) in [6, 6.07) is 0. The van der Waals surface area contributed by atoms with Crippen LogP contribution in [0.3, 0.4) is 0 Å². The average Bonchev–Trinajstić information content (AvgIpc) is 2.88. The van der Waals surface area contributed by atoms with Gasteiger partial charge in [0, 0.05) is 0 Å². The topological polar surface area (TPSA) is 35.5 Å². The number of hydrogen-bond donors (Lipinski definition) is 0. The maximum atomic E-state index is 11.9. The van der Waals surface area contributed by atoms with E-state index in [2.05, 4.69) is 13.8 Å². The van der Waals surface area contributed by atoms with E-state index in [-0.39, 0.29) is 0 Å². The van der Waals surface area contributed by atoms with E-state index in [1.54, 1.807) is 0 Å². The standard InChI is InChI=1S/C32H67O3P/c1-3-5-7-9-11-13-15-17-19-21-23-25-27-29-31-34-36(33)35-32-30-28-26-24-22-20-18-16-14-12-10-8-6-4-2/h36H,3-32H2,1-2H3. The van der Waals surface area contributed by atoms with Gasteiger partial charge in [0.25, 0.3) is 0 Å². The molecule has 0 saturated carbocycles. The van der Waals surface area contributed by atoms with Crippen LogP contribution in [0.15, 0.2) is 0 Å². The van der Waals surface area contributed by atoms with Gasteiger partial charge in [0.1, 0.15) is 0 Å². The lowest BCUT2D eigenvalue weighted by molar-refractivity contribution is 0.218. The summed E-state index contributed by atoms with van der Waals surface area (Å²) >= 11 is 0. The molecule has 0 saturated heterocycles. The summed E-state index contributed by atoms with van der Waals surface area (Å²) in [5.41, 5.74) is 0. The largest absolute Gasteiger partial charge is 0.319 e. The first-order valence-corrected chi connectivity index (χ1v) is 17.8. The zero-order valence-electron chi connectivity index (χ0n) is 24.9. The Morgan fingerprint density at radius 2 is 0.528 bits per heavy atom. The maximum absolute atomic E-state index is 11.9. The number of unbranched alkanes of at least 4 members (excludes halogenated alkanes) is 26. The quantitative estimate of drug-likeness (QED) is 0.0640. The molecule has 0 aromatic heterocycles. The van der Waals surface area contributed by atoms with Crippen molar-refractivity contribution in [2.24, 2.45) is 0 Å². The monoisotopic (exact) mass is 530 g/mol. The Morgan fingerprint density at radius 1 is 0.333 bits per heavy atom. The summed E-state index contributed by atoms with van der Waals surface area (Å²) in [6.45, 7) is 5.75. The van der Waals surface area contributed by atoms with Gasteiger partial charge in [-0.25, -0.2) is 0 Å². The molecule has 0 amide bonds. The average molecular weight is 531 g/mol.